The number of benzene rings is 2. The summed E-state index contributed by atoms with van der Waals surface area (Å²) in [6.45, 7) is 0.115. The summed E-state index contributed by atoms with van der Waals surface area (Å²) in [5.74, 6) is 0. The molecular formula is C16H16O3S. The third-order valence-corrected chi connectivity index (χ3v) is 4.20. The zero-order chi connectivity index (χ0) is 14.2. The van der Waals surface area contributed by atoms with Gasteiger partial charge >= 0.3 is 0 Å². The van der Waals surface area contributed by atoms with Crippen LogP contribution in [0, 0.1) is 0 Å². The Morgan fingerprint density at radius 1 is 1.00 bits per heavy atom. The smallest absolute Gasteiger partial charge is 0.264 e. The Hall–Kier alpha value is -1.65. The average Bonchev–Trinajstić information content (AvgIpc) is 2.44. The monoisotopic (exact) mass is 288 g/mol. The molecule has 2 aromatic carbocycles. The van der Waals surface area contributed by atoms with E-state index in [1.165, 1.54) is 22.3 Å². The molecule has 0 fully saturated rings. The highest BCUT2D eigenvalue weighted by atomic mass is 32.2. The van der Waals surface area contributed by atoms with Gasteiger partial charge in [-0.05, 0) is 40.7 Å². The molecule has 0 aromatic heterocycles. The molecule has 0 unspecified atom stereocenters. The van der Waals surface area contributed by atoms with Crippen molar-refractivity contribution in [3.63, 3.8) is 0 Å². The van der Waals surface area contributed by atoms with E-state index >= 15 is 0 Å². The van der Waals surface area contributed by atoms with E-state index in [2.05, 4.69) is 24.3 Å². The Morgan fingerprint density at radius 2 is 1.75 bits per heavy atom. The van der Waals surface area contributed by atoms with Crippen LogP contribution in [0.3, 0.4) is 0 Å². The van der Waals surface area contributed by atoms with E-state index in [9.17, 15) is 8.42 Å². The number of rotatable bonds is 3. The molecule has 0 saturated heterocycles. The predicted octanol–water partition coefficient (Wildman–Crippen LogP) is 2.93. The summed E-state index contributed by atoms with van der Waals surface area (Å²) in [7, 11) is -3.41. The van der Waals surface area contributed by atoms with Crippen LogP contribution in [0.25, 0.3) is 11.1 Å². The SMILES string of the molecule is CS(=O)(=O)OCc1cccc2c1CCc1ccccc1-2. The quantitative estimate of drug-likeness (QED) is 0.816. The molecule has 3 rings (SSSR count). The third-order valence-electron chi connectivity index (χ3n) is 3.65. The summed E-state index contributed by atoms with van der Waals surface area (Å²) < 4.78 is 27.2. The molecule has 1 aliphatic carbocycles. The Labute approximate surface area is 119 Å². The summed E-state index contributed by atoms with van der Waals surface area (Å²) in [4.78, 5) is 0. The van der Waals surface area contributed by atoms with Crippen LogP contribution in [0.5, 0.6) is 0 Å². The molecule has 2 aromatic rings. The first-order chi connectivity index (χ1) is 9.54. The first-order valence-electron chi connectivity index (χ1n) is 6.58. The molecule has 0 saturated carbocycles. The van der Waals surface area contributed by atoms with Crippen molar-refractivity contribution in [3.8, 4) is 11.1 Å². The Balaban J connectivity index is 2.02. The Morgan fingerprint density at radius 3 is 2.55 bits per heavy atom. The van der Waals surface area contributed by atoms with E-state index in [0.29, 0.717) is 0 Å². The van der Waals surface area contributed by atoms with Crippen molar-refractivity contribution in [1.82, 2.24) is 0 Å². The summed E-state index contributed by atoms with van der Waals surface area (Å²) in [5.41, 5.74) is 5.95. The highest BCUT2D eigenvalue weighted by Crippen LogP contribution is 2.35. The van der Waals surface area contributed by atoms with Crippen LogP contribution >= 0.6 is 0 Å². The van der Waals surface area contributed by atoms with Gasteiger partial charge in [0.15, 0.2) is 0 Å². The number of aryl methyl sites for hydroxylation is 1. The van der Waals surface area contributed by atoms with Crippen LogP contribution in [0.1, 0.15) is 16.7 Å². The lowest BCUT2D eigenvalue weighted by Crippen LogP contribution is -2.09. The molecule has 0 heterocycles. The van der Waals surface area contributed by atoms with Crippen LogP contribution < -0.4 is 0 Å². The zero-order valence-electron chi connectivity index (χ0n) is 11.3. The minimum Gasteiger partial charge on any atom is -0.265 e. The molecule has 104 valence electrons. The van der Waals surface area contributed by atoms with Gasteiger partial charge in [0.1, 0.15) is 0 Å². The van der Waals surface area contributed by atoms with Gasteiger partial charge in [-0.3, -0.25) is 4.18 Å². The molecule has 4 heteroatoms. The fraction of sp³-hybridized carbons (Fsp3) is 0.250. The van der Waals surface area contributed by atoms with Crippen LogP contribution in [0.2, 0.25) is 0 Å². The second kappa shape index (κ2) is 5.04. The first kappa shape index (κ1) is 13.3. The van der Waals surface area contributed by atoms with Crippen LogP contribution in [0.4, 0.5) is 0 Å². The van der Waals surface area contributed by atoms with Gasteiger partial charge in [0.05, 0.1) is 12.9 Å². The summed E-state index contributed by atoms with van der Waals surface area (Å²) in [6, 6.07) is 14.4. The van der Waals surface area contributed by atoms with Crippen molar-refractivity contribution in [3.05, 3.63) is 59.2 Å². The van der Waals surface area contributed by atoms with E-state index in [1.807, 2.05) is 18.2 Å². The van der Waals surface area contributed by atoms with Crippen molar-refractivity contribution < 1.29 is 12.6 Å². The highest BCUT2D eigenvalue weighted by molar-refractivity contribution is 7.85. The summed E-state index contributed by atoms with van der Waals surface area (Å²) in [6.07, 6.45) is 2.99. The molecule has 0 radical (unpaired) electrons. The molecule has 20 heavy (non-hydrogen) atoms. The van der Waals surface area contributed by atoms with E-state index in [0.717, 1.165) is 24.7 Å². The first-order valence-corrected chi connectivity index (χ1v) is 8.40. The topological polar surface area (TPSA) is 43.4 Å². The molecule has 0 spiro atoms. The minimum atomic E-state index is -3.41. The highest BCUT2D eigenvalue weighted by Gasteiger charge is 2.18. The third kappa shape index (κ3) is 2.62. The fourth-order valence-corrected chi connectivity index (χ4v) is 3.09. The fourth-order valence-electron chi connectivity index (χ4n) is 2.75. The van der Waals surface area contributed by atoms with Crippen molar-refractivity contribution in [2.45, 2.75) is 19.4 Å². The molecule has 0 bridgehead atoms. The number of fused-ring (bicyclic) bond motifs is 3. The lowest BCUT2D eigenvalue weighted by molar-refractivity contribution is 0.310. The van der Waals surface area contributed by atoms with Crippen molar-refractivity contribution in [2.75, 3.05) is 6.26 Å². The molecular weight excluding hydrogens is 272 g/mol. The van der Waals surface area contributed by atoms with Gasteiger partial charge in [-0.25, -0.2) is 0 Å². The van der Waals surface area contributed by atoms with Gasteiger partial charge < -0.3 is 0 Å². The van der Waals surface area contributed by atoms with Crippen LogP contribution in [-0.2, 0) is 33.7 Å². The van der Waals surface area contributed by atoms with Gasteiger partial charge in [-0.15, -0.1) is 0 Å². The second-order valence-electron chi connectivity index (χ2n) is 5.07. The van der Waals surface area contributed by atoms with Crippen LogP contribution in [0.15, 0.2) is 42.5 Å². The largest absolute Gasteiger partial charge is 0.265 e. The molecule has 0 aliphatic heterocycles. The molecule has 0 N–H and O–H groups in total. The summed E-state index contributed by atoms with van der Waals surface area (Å²) >= 11 is 0. The van der Waals surface area contributed by atoms with Gasteiger partial charge in [0.2, 0.25) is 0 Å². The number of hydrogen-bond donors (Lipinski definition) is 0. The second-order valence-corrected chi connectivity index (χ2v) is 6.71. The van der Waals surface area contributed by atoms with Gasteiger partial charge in [0, 0.05) is 0 Å². The van der Waals surface area contributed by atoms with E-state index in [-0.39, 0.29) is 6.61 Å². The Bertz CT molecular complexity index is 748. The predicted molar refractivity (Wildman–Crippen MR) is 78.9 cm³/mol. The molecule has 3 nitrogen and oxygen atoms in total. The zero-order valence-corrected chi connectivity index (χ0v) is 12.1. The van der Waals surface area contributed by atoms with Gasteiger partial charge in [0.25, 0.3) is 10.1 Å². The van der Waals surface area contributed by atoms with Crippen molar-refractivity contribution in [1.29, 1.82) is 0 Å². The lowest BCUT2D eigenvalue weighted by atomic mass is 9.83. The molecule has 1 aliphatic rings. The Kier molecular flexibility index (Phi) is 3.36. The summed E-state index contributed by atoms with van der Waals surface area (Å²) in [5, 5.41) is 0. The van der Waals surface area contributed by atoms with E-state index in [1.54, 1.807) is 0 Å². The molecule has 0 amide bonds. The van der Waals surface area contributed by atoms with Crippen molar-refractivity contribution in [2.24, 2.45) is 0 Å². The van der Waals surface area contributed by atoms with E-state index in [4.69, 9.17) is 4.18 Å². The normalized spacial score (nSPS) is 13.7. The lowest BCUT2D eigenvalue weighted by Gasteiger charge is -2.22. The minimum absolute atomic E-state index is 0.115. The van der Waals surface area contributed by atoms with Crippen molar-refractivity contribution >= 4 is 10.1 Å². The number of hydrogen-bond acceptors (Lipinski definition) is 3. The maximum absolute atomic E-state index is 11.1. The van der Waals surface area contributed by atoms with E-state index < -0.39 is 10.1 Å². The van der Waals surface area contributed by atoms with Crippen LogP contribution in [-0.4, -0.2) is 14.7 Å². The molecule has 0 atom stereocenters. The maximum Gasteiger partial charge on any atom is 0.264 e. The maximum atomic E-state index is 11.1. The average molecular weight is 288 g/mol. The van der Waals surface area contributed by atoms with Gasteiger partial charge in [-0.1, -0.05) is 42.5 Å². The van der Waals surface area contributed by atoms with Gasteiger partial charge in [-0.2, -0.15) is 8.42 Å². The standard InChI is InChI=1S/C16H16O3S/c1-20(17,18)19-11-13-6-4-8-16-14-7-3-2-5-12(14)9-10-15(13)16/h2-8H,9-11H2,1H3.